The summed E-state index contributed by atoms with van der Waals surface area (Å²) in [4.78, 5) is 27.2. The Morgan fingerprint density at radius 1 is 1.41 bits per heavy atom. The summed E-state index contributed by atoms with van der Waals surface area (Å²) in [5.41, 5.74) is 1.11. The summed E-state index contributed by atoms with van der Waals surface area (Å²) in [6.45, 7) is 2.41. The van der Waals surface area contributed by atoms with Crippen LogP contribution in [0.25, 0.3) is 11.0 Å². The van der Waals surface area contributed by atoms with Gasteiger partial charge in [-0.15, -0.1) is 0 Å². The number of likely N-dealkylation sites (N-methyl/N-ethyl adjacent to an activating group) is 1. The van der Waals surface area contributed by atoms with Gasteiger partial charge in [-0.25, -0.2) is 4.98 Å². The average molecular weight is 231 g/mol. The summed E-state index contributed by atoms with van der Waals surface area (Å²) in [5.74, 6) is -0.175. The fourth-order valence-electron chi connectivity index (χ4n) is 1.67. The molecule has 0 aliphatic rings. The third-order valence-corrected chi connectivity index (χ3v) is 2.43. The number of carbonyl (C=O) groups excluding carboxylic acids is 1. The lowest BCUT2D eigenvalue weighted by molar-refractivity contribution is -0.121. The van der Waals surface area contributed by atoms with Gasteiger partial charge in [0.05, 0.1) is 17.2 Å². The fourth-order valence-corrected chi connectivity index (χ4v) is 1.67. The van der Waals surface area contributed by atoms with E-state index >= 15 is 0 Å². The van der Waals surface area contributed by atoms with Crippen molar-refractivity contribution in [2.75, 3.05) is 6.54 Å². The smallest absolute Gasteiger partial charge is 0.269 e. The van der Waals surface area contributed by atoms with Gasteiger partial charge < -0.3 is 5.32 Å². The number of amides is 1. The van der Waals surface area contributed by atoms with Crippen molar-refractivity contribution in [3.8, 4) is 0 Å². The second-order valence-corrected chi connectivity index (χ2v) is 3.62. The molecule has 1 aromatic heterocycles. The lowest BCUT2D eigenvalue weighted by Crippen LogP contribution is -2.32. The Morgan fingerprint density at radius 2 is 2.18 bits per heavy atom. The van der Waals surface area contributed by atoms with Crippen LogP contribution in [0.4, 0.5) is 0 Å². The molecule has 2 rings (SSSR count). The van der Waals surface area contributed by atoms with Crippen molar-refractivity contribution in [3.63, 3.8) is 0 Å². The molecule has 1 N–H and O–H groups in total. The third kappa shape index (κ3) is 2.33. The predicted molar refractivity (Wildman–Crippen MR) is 64.7 cm³/mol. The molecule has 1 heterocycles. The zero-order valence-corrected chi connectivity index (χ0v) is 9.51. The van der Waals surface area contributed by atoms with E-state index in [1.165, 1.54) is 10.8 Å². The van der Waals surface area contributed by atoms with Crippen molar-refractivity contribution >= 4 is 16.9 Å². The topological polar surface area (TPSA) is 64.0 Å². The molecule has 1 aromatic carbocycles. The van der Waals surface area contributed by atoms with Crippen molar-refractivity contribution in [3.05, 3.63) is 40.8 Å². The zero-order valence-electron chi connectivity index (χ0n) is 9.51. The van der Waals surface area contributed by atoms with Gasteiger partial charge in [0, 0.05) is 6.54 Å². The van der Waals surface area contributed by atoms with Crippen molar-refractivity contribution in [2.24, 2.45) is 0 Å². The summed E-state index contributed by atoms with van der Waals surface area (Å²) in [7, 11) is 0. The number of para-hydroxylation sites is 2. The molecule has 88 valence electrons. The van der Waals surface area contributed by atoms with E-state index in [0.29, 0.717) is 17.6 Å². The minimum atomic E-state index is -0.269. The second-order valence-electron chi connectivity index (χ2n) is 3.62. The van der Waals surface area contributed by atoms with Gasteiger partial charge in [0.1, 0.15) is 6.54 Å². The highest BCUT2D eigenvalue weighted by molar-refractivity contribution is 5.79. The van der Waals surface area contributed by atoms with Crippen LogP contribution in [-0.2, 0) is 11.3 Å². The molecule has 0 aliphatic heterocycles. The molecule has 0 saturated carbocycles. The highest BCUT2D eigenvalue weighted by Crippen LogP contribution is 2.07. The summed E-state index contributed by atoms with van der Waals surface area (Å²) < 4.78 is 1.42. The first kappa shape index (κ1) is 11.3. The van der Waals surface area contributed by atoms with E-state index < -0.39 is 0 Å². The average Bonchev–Trinajstić information content (AvgIpc) is 2.33. The largest absolute Gasteiger partial charge is 0.355 e. The molecule has 0 atom stereocenters. The normalized spacial score (nSPS) is 10.4. The van der Waals surface area contributed by atoms with Gasteiger partial charge in [0.15, 0.2) is 0 Å². The summed E-state index contributed by atoms with van der Waals surface area (Å²) >= 11 is 0. The molecule has 0 fully saturated rings. The number of carbonyl (C=O) groups is 1. The van der Waals surface area contributed by atoms with E-state index in [-0.39, 0.29) is 18.0 Å². The van der Waals surface area contributed by atoms with Crippen LogP contribution in [0.5, 0.6) is 0 Å². The minimum absolute atomic E-state index is 0.0235. The Hall–Kier alpha value is -2.17. The highest BCUT2D eigenvalue weighted by Gasteiger charge is 2.07. The molecular weight excluding hydrogens is 218 g/mol. The van der Waals surface area contributed by atoms with Gasteiger partial charge >= 0.3 is 0 Å². The van der Waals surface area contributed by atoms with Crippen molar-refractivity contribution in [2.45, 2.75) is 13.5 Å². The van der Waals surface area contributed by atoms with E-state index in [0.717, 1.165) is 0 Å². The first-order chi connectivity index (χ1) is 8.22. The lowest BCUT2D eigenvalue weighted by Gasteiger charge is -2.08. The number of aromatic nitrogens is 2. The number of benzene rings is 1. The molecule has 0 aliphatic carbocycles. The number of nitrogens with zero attached hydrogens (tertiary/aromatic N) is 2. The number of nitrogens with one attached hydrogen (secondary N) is 1. The molecule has 1 amide bonds. The standard InChI is InChI=1S/C12H13N3O2/c1-2-13-11(16)8-15-10-6-4-3-5-9(10)14-7-12(15)17/h3-7H,2,8H2,1H3,(H,13,16). The molecule has 0 bridgehead atoms. The number of hydrogen-bond acceptors (Lipinski definition) is 3. The van der Waals surface area contributed by atoms with Crippen LogP contribution in [-0.4, -0.2) is 22.0 Å². The Bertz CT molecular complexity index is 604. The Labute approximate surface area is 98.1 Å². The maximum absolute atomic E-state index is 11.7. The minimum Gasteiger partial charge on any atom is -0.355 e. The Morgan fingerprint density at radius 3 is 2.94 bits per heavy atom. The van der Waals surface area contributed by atoms with Crippen LogP contribution in [0.3, 0.4) is 0 Å². The molecule has 5 nitrogen and oxygen atoms in total. The molecule has 5 heteroatoms. The molecular formula is C12H13N3O2. The number of fused-ring (bicyclic) bond motifs is 1. The first-order valence-electron chi connectivity index (χ1n) is 5.43. The molecule has 17 heavy (non-hydrogen) atoms. The maximum Gasteiger partial charge on any atom is 0.269 e. The summed E-state index contributed by atoms with van der Waals surface area (Å²) in [6, 6.07) is 7.25. The Kier molecular flexibility index (Phi) is 3.18. The first-order valence-corrected chi connectivity index (χ1v) is 5.43. The van der Waals surface area contributed by atoms with Crippen molar-refractivity contribution < 1.29 is 4.79 Å². The zero-order chi connectivity index (χ0) is 12.3. The van der Waals surface area contributed by atoms with Gasteiger partial charge in [-0.2, -0.15) is 0 Å². The molecule has 0 saturated heterocycles. The predicted octanol–water partition coefficient (Wildman–Crippen LogP) is 0.533. The van der Waals surface area contributed by atoms with Gasteiger partial charge in [-0.3, -0.25) is 14.2 Å². The van der Waals surface area contributed by atoms with Gasteiger partial charge in [0.2, 0.25) is 5.91 Å². The van der Waals surface area contributed by atoms with Gasteiger partial charge in [-0.05, 0) is 19.1 Å². The van der Waals surface area contributed by atoms with Crippen LogP contribution in [0.1, 0.15) is 6.92 Å². The quantitative estimate of drug-likeness (QED) is 0.838. The van der Waals surface area contributed by atoms with Crippen molar-refractivity contribution in [1.82, 2.24) is 14.9 Å². The van der Waals surface area contributed by atoms with Gasteiger partial charge in [-0.1, -0.05) is 12.1 Å². The molecule has 0 radical (unpaired) electrons. The Balaban J connectivity index is 2.48. The lowest BCUT2D eigenvalue weighted by atomic mass is 10.3. The molecule has 0 spiro atoms. The van der Waals surface area contributed by atoms with Crippen LogP contribution in [0, 0.1) is 0 Å². The molecule has 0 unspecified atom stereocenters. The van der Waals surface area contributed by atoms with Crippen LogP contribution >= 0.6 is 0 Å². The second kappa shape index (κ2) is 4.78. The molecule has 2 aromatic rings. The number of hydrogen-bond donors (Lipinski definition) is 1. The van der Waals surface area contributed by atoms with E-state index in [4.69, 9.17) is 0 Å². The van der Waals surface area contributed by atoms with Crippen LogP contribution in [0.15, 0.2) is 35.3 Å². The van der Waals surface area contributed by atoms with E-state index in [2.05, 4.69) is 10.3 Å². The van der Waals surface area contributed by atoms with Crippen LogP contribution < -0.4 is 10.9 Å². The number of rotatable bonds is 3. The maximum atomic E-state index is 11.7. The van der Waals surface area contributed by atoms with E-state index in [9.17, 15) is 9.59 Å². The SMILES string of the molecule is CCNC(=O)Cn1c(=O)cnc2ccccc21. The summed E-state index contributed by atoms with van der Waals surface area (Å²) in [6.07, 6.45) is 1.24. The van der Waals surface area contributed by atoms with Crippen LogP contribution in [0.2, 0.25) is 0 Å². The van der Waals surface area contributed by atoms with Crippen molar-refractivity contribution in [1.29, 1.82) is 0 Å². The van der Waals surface area contributed by atoms with E-state index in [1.807, 2.05) is 25.1 Å². The highest BCUT2D eigenvalue weighted by atomic mass is 16.2. The fraction of sp³-hybridized carbons (Fsp3) is 0.250. The van der Waals surface area contributed by atoms with Gasteiger partial charge in [0.25, 0.3) is 5.56 Å². The third-order valence-electron chi connectivity index (χ3n) is 2.43. The monoisotopic (exact) mass is 231 g/mol. The summed E-state index contributed by atoms with van der Waals surface area (Å²) in [5, 5.41) is 2.67. The van der Waals surface area contributed by atoms with E-state index in [1.54, 1.807) is 6.07 Å².